The highest BCUT2D eigenvalue weighted by molar-refractivity contribution is 8.13. The highest BCUT2D eigenvalue weighted by atomic mass is 32.2. The van der Waals surface area contributed by atoms with Crippen LogP contribution in [0.3, 0.4) is 0 Å². The van der Waals surface area contributed by atoms with Gasteiger partial charge in [0.25, 0.3) is 0 Å². The fourth-order valence-corrected chi connectivity index (χ4v) is 1.43. The van der Waals surface area contributed by atoms with Gasteiger partial charge in [0.15, 0.2) is 0 Å². The number of aliphatic imine (C=N–C) groups is 1. The average molecular weight is 163 g/mol. The minimum Gasteiger partial charge on any atom is -0.287 e. The van der Waals surface area contributed by atoms with Crippen molar-refractivity contribution in [1.29, 1.82) is 0 Å². The van der Waals surface area contributed by atoms with Gasteiger partial charge in [-0.2, -0.15) is 12.6 Å². The van der Waals surface area contributed by atoms with Gasteiger partial charge in [0.1, 0.15) is 0 Å². The molecule has 0 saturated heterocycles. The van der Waals surface area contributed by atoms with E-state index in [1.54, 1.807) is 11.8 Å². The molecule has 0 aliphatic heterocycles. The summed E-state index contributed by atoms with van der Waals surface area (Å²) in [5.74, 6) is 2.12. The van der Waals surface area contributed by atoms with Crippen LogP contribution in [0, 0.1) is 0 Å². The number of rotatable bonds is 3. The molecule has 54 valence electrons. The Bertz CT molecular complexity index is 91.1. The van der Waals surface area contributed by atoms with E-state index in [1.165, 1.54) is 6.42 Å². The fraction of sp³-hybridized carbons (Fsp3) is 0.833. The van der Waals surface area contributed by atoms with Crippen molar-refractivity contribution >= 4 is 29.4 Å². The monoisotopic (exact) mass is 163 g/mol. The number of hydrogen-bond donors (Lipinski definition) is 1. The van der Waals surface area contributed by atoms with Gasteiger partial charge in [-0.1, -0.05) is 0 Å². The van der Waals surface area contributed by atoms with Gasteiger partial charge in [-0.25, -0.2) is 0 Å². The second kappa shape index (κ2) is 6.49. The molecule has 0 fully saturated rings. The van der Waals surface area contributed by atoms with Gasteiger partial charge in [0.2, 0.25) is 0 Å². The van der Waals surface area contributed by atoms with Crippen LogP contribution in [0.4, 0.5) is 0 Å². The van der Waals surface area contributed by atoms with Crippen molar-refractivity contribution in [3.05, 3.63) is 0 Å². The number of thiol groups is 1. The molecule has 0 aromatic rings. The molecule has 0 rings (SSSR count). The summed E-state index contributed by atoms with van der Waals surface area (Å²) >= 11 is 5.90. The molecule has 9 heavy (non-hydrogen) atoms. The van der Waals surface area contributed by atoms with E-state index in [1.807, 2.05) is 14.0 Å². The van der Waals surface area contributed by atoms with Crippen molar-refractivity contribution in [3.8, 4) is 0 Å². The molecular weight excluding hydrogens is 150 g/mol. The zero-order chi connectivity index (χ0) is 7.11. The molecule has 0 amide bonds. The van der Waals surface area contributed by atoms with E-state index in [-0.39, 0.29) is 0 Å². The second-order valence-electron chi connectivity index (χ2n) is 1.67. The van der Waals surface area contributed by atoms with Gasteiger partial charge in [-0.15, -0.1) is 11.8 Å². The Balaban J connectivity index is 3.07. The van der Waals surface area contributed by atoms with Gasteiger partial charge in [-0.3, -0.25) is 4.99 Å². The summed E-state index contributed by atoms with van der Waals surface area (Å²) in [4.78, 5) is 4.01. The highest BCUT2D eigenvalue weighted by Crippen LogP contribution is 2.04. The molecule has 0 N–H and O–H groups in total. The minimum absolute atomic E-state index is 0.976. The predicted molar refractivity (Wildman–Crippen MR) is 50.0 cm³/mol. The van der Waals surface area contributed by atoms with Crippen LogP contribution in [-0.2, 0) is 0 Å². The summed E-state index contributed by atoms with van der Waals surface area (Å²) < 4.78 is 0. The Hall–Kier alpha value is 0.370. The molecule has 1 nitrogen and oxygen atoms in total. The first-order valence-electron chi connectivity index (χ1n) is 2.98. The lowest BCUT2D eigenvalue weighted by Crippen LogP contribution is -1.87. The molecule has 0 aliphatic rings. The van der Waals surface area contributed by atoms with Crippen molar-refractivity contribution in [2.45, 2.75) is 13.3 Å². The van der Waals surface area contributed by atoms with Gasteiger partial charge < -0.3 is 0 Å². The van der Waals surface area contributed by atoms with Crippen LogP contribution in [0.5, 0.6) is 0 Å². The maximum atomic E-state index is 4.10. The van der Waals surface area contributed by atoms with Crippen molar-refractivity contribution < 1.29 is 0 Å². The van der Waals surface area contributed by atoms with Crippen molar-refractivity contribution in [1.82, 2.24) is 0 Å². The second-order valence-corrected chi connectivity index (χ2v) is 3.40. The fourth-order valence-electron chi connectivity index (χ4n) is 0.349. The lowest BCUT2D eigenvalue weighted by molar-refractivity contribution is 1.13. The van der Waals surface area contributed by atoms with Crippen LogP contribution < -0.4 is 0 Å². The van der Waals surface area contributed by atoms with E-state index in [0.717, 1.165) is 16.5 Å². The molecule has 0 heterocycles. The molecule has 0 radical (unpaired) electrons. The largest absolute Gasteiger partial charge is 0.287 e. The molecule has 0 aromatic carbocycles. The standard InChI is InChI=1S/C6H13NS2/c1-6(7-2)9-5-3-4-8/h8H,3-5H2,1-2H3. The van der Waals surface area contributed by atoms with Gasteiger partial charge in [0.05, 0.1) is 5.04 Å². The summed E-state index contributed by atoms with van der Waals surface area (Å²) in [6.07, 6.45) is 1.17. The Kier molecular flexibility index (Phi) is 6.76. The molecule has 0 saturated carbocycles. The first kappa shape index (κ1) is 9.37. The van der Waals surface area contributed by atoms with E-state index in [2.05, 4.69) is 17.6 Å². The third-order valence-corrected chi connectivity index (χ3v) is 2.34. The summed E-state index contributed by atoms with van der Waals surface area (Å²) in [6, 6.07) is 0. The number of hydrogen-bond acceptors (Lipinski definition) is 3. The molecule has 0 aliphatic carbocycles. The Morgan fingerprint density at radius 2 is 2.33 bits per heavy atom. The molecule has 0 atom stereocenters. The quantitative estimate of drug-likeness (QED) is 0.291. The molecule has 0 aromatic heterocycles. The van der Waals surface area contributed by atoms with Crippen LogP contribution in [0.1, 0.15) is 13.3 Å². The van der Waals surface area contributed by atoms with Crippen molar-refractivity contribution in [2.75, 3.05) is 18.6 Å². The maximum Gasteiger partial charge on any atom is 0.0641 e. The van der Waals surface area contributed by atoms with Gasteiger partial charge in [-0.05, 0) is 24.9 Å². The predicted octanol–water partition coefficient (Wildman–Crippen LogP) is 2.09. The van der Waals surface area contributed by atoms with Crippen LogP contribution in [0.2, 0.25) is 0 Å². The van der Waals surface area contributed by atoms with E-state index < -0.39 is 0 Å². The van der Waals surface area contributed by atoms with Crippen LogP contribution >= 0.6 is 24.4 Å². The van der Waals surface area contributed by atoms with Crippen LogP contribution in [0.25, 0.3) is 0 Å². The maximum absolute atomic E-state index is 4.10. The minimum atomic E-state index is 0.976. The molecular formula is C6H13NS2. The van der Waals surface area contributed by atoms with Crippen molar-refractivity contribution in [3.63, 3.8) is 0 Å². The topological polar surface area (TPSA) is 12.4 Å². The Morgan fingerprint density at radius 3 is 2.78 bits per heavy atom. The third-order valence-electron chi connectivity index (χ3n) is 0.928. The van der Waals surface area contributed by atoms with Gasteiger partial charge >= 0.3 is 0 Å². The van der Waals surface area contributed by atoms with Gasteiger partial charge in [0, 0.05) is 7.05 Å². The zero-order valence-corrected chi connectivity index (χ0v) is 7.63. The third kappa shape index (κ3) is 6.25. The summed E-state index contributed by atoms with van der Waals surface area (Å²) in [5, 5.41) is 1.16. The van der Waals surface area contributed by atoms with E-state index in [4.69, 9.17) is 0 Å². The van der Waals surface area contributed by atoms with Crippen LogP contribution in [0.15, 0.2) is 4.99 Å². The summed E-state index contributed by atoms with van der Waals surface area (Å²) in [5.41, 5.74) is 0. The summed E-state index contributed by atoms with van der Waals surface area (Å²) in [7, 11) is 1.82. The highest BCUT2D eigenvalue weighted by Gasteiger charge is 1.88. The number of nitrogens with zero attached hydrogens (tertiary/aromatic N) is 1. The number of thioether (sulfide) groups is 1. The van der Waals surface area contributed by atoms with Crippen LogP contribution in [-0.4, -0.2) is 23.6 Å². The normalized spacial score (nSPS) is 12.1. The molecule has 0 spiro atoms. The lowest BCUT2D eigenvalue weighted by Gasteiger charge is -1.95. The lowest BCUT2D eigenvalue weighted by atomic mass is 10.6. The average Bonchev–Trinajstić information content (AvgIpc) is 1.89. The SMILES string of the molecule is CN=C(C)SCCCS. The molecule has 0 bridgehead atoms. The zero-order valence-electron chi connectivity index (χ0n) is 5.92. The van der Waals surface area contributed by atoms with E-state index in [9.17, 15) is 0 Å². The summed E-state index contributed by atoms with van der Waals surface area (Å²) in [6.45, 7) is 2.03. The smallest absolute Gasteiger partial charge is 0.0641 e. The Labute approximate surface area is 66.7 Å². The molecule has 3 heteroatoms. The van der Waals surface area contributed by atoms with E-state index in [0.29, 0.717) is 0 Å². The first-order chi connectivity index (χ1) is 4.31. The molecule has 0 unspecified atom stereocenters. The van der Waals surface area contributed by atoms with E-state index >= 15 is 0 Å². The van der Waals surface area contributed by atoms with Crippen molar-refractivity contribution in [2.24, 2.45) is 4.99 Å². The first-order valence-corrected chi connectivity index (χ1v) is 4.60. The Morgan fingerprint density at radius 1 is 1.67 bits per heavy atom.